The van der Waals surface area contributed by atoms with Crippen LogP contribution in [0.25, 0.3) is 0 Å². The van der Waals surface area contributed by atoms with Crippen LogP contribution in [0.4, 0.5) is 9.52 Å². The number of thiazole rings is 1. The Morgan fingerprint density at radius 1 is 1.22 bits per heavy atom. The third kappa shape index (κ3) is 4.83. The smallest absolute Gasteiger partial charge is 0.257 e. The standard InChI is InChI=1S/C20H19FN2O3S/c1-3-26-18-11-14(7-8-17(18)25-2)19(24)23-20-22-12-16(27-20)10-13-5-4-6-15(21)9-13/h4-9,11-12H,3,10H2,1-2H3,(H,22,23,24). The number of amides is 1. The maximum atomic E-state index is 13.3. The molecule has 0 saturated heterocycles. The molecule has 1 aromatic heterocycles. The van der Waals surface area contributed by atoms with Gasteiger partial charge in [0.25, 0.3) is 5.91 Å². The van der Waals surface area contributed by atoms with Gasteiger partial charge in [-0.05, 0) is 42.8 Å². The van der Waals surface area contributed by atoms with E-state index in [1.54, 1.807) is 37.6 Å². The molecular weight excluding hydrogens is 367 g/mol. The summed E-state index contributed by atoms with van der Waals surface area (Å²) >= 11 is 1.36. The monoisotopic (exact) mass is 386 g/mol. The van der Waals surface area contributed by atoms with Crippen molar-refractivity contribution in [2.24, 2.45) is 0 Å². The summed E-state index contributed by atoms with van der Waals surface area (Å²) in [6.45, 7) is 2.33. The number of hydrogen-bond donors (Lipinski definition) is 1. The zero-order valence-corrected chi connectivity index (χ0v) is 15.8. The fourth-order valence-electron chi connectivity index (χ4n) is 2.55. The van der Waals surface area contributed by atoms with Gasteiger partial charge in [-0.2, -0.15) is 0 Å². The van der Waals surface area contributed by atoms with E-state index >= 15 is 0 Å². The molecule has 5 nitrogen and oxygen atoms in total. The number of halogens is 1. The molecule has 1 amide bonds. The number of ether oxygens (including phenoxy) is 2. The van der Waals surface area contributed by atoms with Gasteiger partial charge in [0.05, 0.1) is 13.7 Å². The minimum Gasteiger partial charge on any atom is -0.493 e. The van der Waals surface area contributed by atoms with Gasteiger partial charge in [0, 0.05) is 23.1 Å². The van der Waals surface area contributed by atoms with Crippen molar-refractivity contribution >= 4 is 22.4 Å². The first-order valence-electron chi connectivity index (χ1n) is 8.40. The summed E-state index contributed by atoms with van der Waals surface area (Å²) in [5.74, 6) is 0.527. The van der Waals surface area contributed by atoms with Crippen molar-refractivity contribution in [3.63, 3.8) is 0 Å². The van der Waals surface area contributed by atoms with Gasteiger partial charge in [-0.15, -0.1) is 11.3 Å². The summed E-state index contributed by atoms with van der Waals surface area (Å²) in [6, 6.07) is 11.4. The predicted molar refractivity (Wildman–Crippen MR) is 103 cm³/mol. The van der Waals surface area contributed by atoms with Gasteiger partial charge in [0.2, 0.25) is 0 Å². The molecule has 1 heterocycles. The van der Waals surface area contributed by atoms with Gasteiger partial charge in [0.1, 0.15) is 5.82 Å². The maximum absolute atomic E-state index is 13.3. The van der Waals surface area contributed by atoms with Crippen LogP contribution in [0.1, 0.15) is 27.7 Å². The molecule has 0 aliphatic rings. The largest absolute Gasteiger partial charge is 0.493 e. The van der Waals surface area contributed by atoms with E-state index in [2.05, 4.69) is 10.3 Å². The molecule has 0 unspecified atom stereocenters. The highest BCUT2D eigenvalue weighted by molar-refractivity contribution is 7.15. The minimum absolute atomic E-state index is 0.268. The Hall–Kier alpha value is -2.93. The van der Waals surface area contributed by atoms with Crippen molar-refractivity contribution in [2.75, 3.05) is 19.0 Å². The van der Waals surface area contributed by atoms with Crippen LogP contribution in [0.2, 0.25) is 0 Å². The quantitative estimate of drug-likeness (QED) is 0.648. The fraction of sp³-hybridized carbons (Fsp3) is 0.200. The molecule has 0 bridgehead atoms. The van der Waals surface area contributed by atoms with Crippen LogP contribution < -0.4 is 14.8 Å². The van der Waals surface area contributed by atoms with Gasteiger partial charge < -0.3 is 9.47 Å². The third-order valence-corrected chi connectivity index (χ3v) is 4.68. The van der Waals surface area contributed by atoms with E-state index in [0.29, 0.717) is 35.2 Å². The van der Waals surface area contributed by atoms with Crippen molar-refractivity contribution in [1.29, 1.82) is 0 Å². The Morgan fingerprint density at radius 2 is 2.07 bits per heavy atom. The molecule has 0 fully saturated rings. The number of hydrogen-bond acceptors (Lipinski definition) is 5. The molecule has 27 heavy (non-hydrogen) atoms. The number of aromatic nitrogens is 1. The predicted octanol–water partition coefficient (Wildman–Crippen LogP) is 4.53. The van der Waals surface area contributed by atoms with Crippen molar-refractivity contribution in [3.8, 4) is 11.5 Å². The van der Waals surface area contributed by atoms with Crippen molar-refractivity contribution < 1.29 is 18.7 Å². The molecule has 1 N–H and O–H groups in total. The highest BCUT2D eigenvalue weighted by Crippen LogP contribution is 2.29. The normalized spacial score (nSPS) is 10.5. The molecule has 0 radical (unpaired) electrons. The van der Waals surface area contributed by atoms with Crippen LogP contribution in [0.3, 0.4) is 0 Å². The second kappa shape index (κ2) is 8.64. The molecular formula is C20H19FN2O3S. The molecule has 3 rings (SSSR count). The summed E-state index contributed by atoms with van der Waals surface area (Å²) in [4.78, 5) is 17.7. The van der Waals surface area contributed by atoms with E-state index in [9.17, 15) is 9.18 Å². The van der Waals surface area contributed by atoms with Crippen LogP contribution in [0.5, 0.6) is 11.5 Å². The summed E-state index contributed by atoms with van der Waals surface area (Å²) in [7, 11) is 1.55. The molecule has 2 aromatic carbocycles. The van der Waals surface area contributed by atoms with Crippen LogP contribution in [0.15, 0.2) is 48.7 Å². The Kier molecular flexibility index (Phi) is 6.03. The van der Waals surface area contributed by atoms with E-state index in [0.717, 1.165) is 10.4 Å². The van der Waals surface area contributed by atoms with E-state index < -0.39 is 0 Å². The lowest BCUT2D eigenvalue weighted by atomic mass is 10.1. The van der Waals surface area contributed by atoms with Crippen molar-refractivity contribution in [2.45, 2.75) is 13.3 Å². The summed E-state index contributed by atoms with van der Waals surface area (Å²) in [6.07, 6.45) is 2.24. The Morgan fingerprint density at radius 3 is 2.81 bits per heavy atom. The lowest BCUT2D eigenvalue weighted by Crippen LogP contribution is -2.12. The fourth-order valence-corrected chi connectivity index (χ4v) is 3.39. The molecule has 0 spiro atoms. The number of carbonyl (C=O) groups is 1. The van der Waals surface area contributed by atoms with Crippen LogP contribution in [-0.2, 0) is 6.42 Å². The van der Waals surface area contributed by atoms with Gasteiger partial charge in [-0.3, -0.25) is 10.1 Å². The number of carbonyl (C=O) groups excluding carboxylic acids is 1. The number of benzene rings is 2. The average Bonchev–Trinajstić information content (AvgIpc) is 3.08. The summed E-state index contributed by atoms with van der Waals surface area (Å²) in [5, 5.41) is 3.27. The molecule has 0 aliphatic heterocycles. The highest BCUT2D eigenvalue weighted by atomic mass is 32.1. The molecule has 7 heteroatoms. The molecule has 140 valence electrons. The van der Waals surface area contributed by atoms with Crippen LogP contribution in [0, 0.1) is 5.82 Å². The van der Waals surface area contributed by atoms with Crippen molar-refractivity contribution in [3.05, 3.63) is 70.5 Å². The molecule has 0 aliphatic carbocycles. The van der Waals surface area contributed by atoms with E-state index in [1.165, 1.54) is 23.5 Å². The highest BCUT2D eigenvalue weighted by Gasteiger charge is 2.13. The van der Waals surface area contributed by atoms with Gasteiger partial charge in [0.15, 0.2) is 16.6 Å². The zero-order chi connectivity index (χ0) is 19.2. The second-order valence-corrected chi connectivity index (χ2v) is 6.81. The summed E-state index contributed by atoms with van der Waals surface area (Å²) < 4.78 is 24.0. The Labute approximate surface area is 160 Å². The van der Waals surface area contributed by atoms with Crippen LogP contribution in [-0.4, -0.2) is 24.6 Å². The number of nitrogens with zero attached hydrogens (tertiary/aromatic N) is 1. The second-order valence-electron chi connectivity index (χ2n) is 5.69. The maximum Gasteiger partial charge on any atom is 0.257 e. The minimum atomic E-state index is -0.287. The first-order chi connectivity index (χ1) is 13.1. The van der Waals surface area contributed by atoms with Crippen LogP contribution >= 0.6 is 11.3 Å². The third-order valence-electron chi connectivity index (χ3n) is 3.77. The molecule has 0 atom stereocenters. The Balaban J connectivity index is 1.69. The summed E-state index contributed by atoms with van der Waals surface area (Å²) in [5.41, 5.74) is 1.30. The van der Waals surface area contributed by atoms with E-state index in [-0.39, 0.29) is 11.7 Å². The number of methoxy groups -OCH3 is 1. The first-order valence-corrected chi connectivity index (χ1v) is 9.22. The average molecular weight is 386 g/mol. The Bertz CT molecular complexity index is 942. The SMILES string of the molecule is CCOc1cc(C(=O)Nc2ncc(Cc3cccc(F)c3)s2)ccc1OC. The van der Waals surface area contributed by atoms with Gasteiger partial charge in [-0.1, -0.05) is 12.1 Å². The topological polar surface area (TPSA) is 60.5 Å². The zero-order valence-electron chi connectivity index (χ0n) is 15.0. The lowest BCUT2D eigenvalue weighted by molar-refractivity contribution is 0.102. The van der Waals surface area contributed by atoms with E-state index in [1.807, 2.05) is 13.0 Å². The number of nitrogens with one attached hydrogen (secondary N) is 1. The molecule has 0 saturated carbocycles. The number of rotatable bonds is 7. The lowest BCUT2D eigenvalue weighted by Gasteiger charge is -2.10. The molecule has 3 aromatic rings. The first kappa shape index (κ1) is 18.8. The van der Waals surface area contributed by atoms with Gasteiger partial charge >= 0.3 is 0 Å². The number of anilines is 1. The van der Waals surface area contributed by atoms with Gasteiger partial charge in [-0.25, -0.2) is 9.37 Å². The van der Waals surface area contributed by atoms with Crippen molar-refractivity contribution in [1.82, 2.24) is 4.98 Å². The van der Waals surface area contributed by atoms with E-state index in [4.69, 9.17) is 9.47 Å².